The van der Waals surface area contributed by atoms with Gasteiger partial charge in [0.1, 0.15) is 4.88 Å². The van der Waals surface area contributed by atoms with Gasteiger partial charge in [0.2, 0.25) is 6.79 Å². The molecule has 0 unspecified atom stereocenters. The molecular weight excluding hydrogens is 390 g/mol. The van der Waals surface area contributed by atoms with E-state index >= 15 is 0 Å². The minimum atomic E-state index is -0.407. The van der Waals surface area contributed by atoms with Crippen molar-refractivity contribution in [3.05, 3.63) is 45.1 Å². The lowest BCUT2D eigenvalue weighted by Crippen LogP contribution is -2.34. The molecule has 0 fully saturated rings. The van der Waals surface area contributed by atoms with Crippen LogP contribution in [0.3, 0.4) is 0 Å². The fourth-order valence-corrected chi connectivity index (χ4v) is 4.84. The minimum absolute atomic E-state index is 0.211. The SMILES string of the molecule is CCN(Cc1ccc2c(c1)OCO2)C(=O)COC(=O)c1cc2c(s1)CCCCC2. The Labute approximate surface area is 174 Å². The van der Waals surface area contributed by atoms with Crippen LogP contribution in [0.5, 0.6) is 11.5 Å². The highest BCUT2D eigenvalue weighted by molar-refractivity contribution is 7.14. The van der Waals surface area contributed by atoms with Gasteiger partial charge in [-0.3, -0.25) is 4.79 Å². The Bertz CT molecular complexity index is 883. The number of aryl methyl sites for hydroxylation is 2. The second kappa shape index (κ2) is 8.86. The van der Waals surface area contributed by atoms with E-state index in [9.17, 15) is 9.59 Å². The van der Waals surface area contributed by atoms with Crippen molar-refractivity contribution in [2.24, 2.45) is 0 Å². The topological polar surface area (TPSA) is 65.1 Å². The zero-order valence-electron chi connectivity index (χ0n) is 16.6. The summed E-state index contributed by atoms with van der Waals surface area (Å²) in [6, 6.07) is 7.58. The molecule has 7 heteroatoms. The van der Waals surface area contributed by atoms with Gasteiger partial charge in [0.05, 0.1) is 0 Å². The number of ether oxygens (including phenoxy) is 3. The van der Waals surface area contributed by atoms with Gasteiger partial charge in [-0.05, 0) is 61.9 Å². The van der Waals surface area contributed by atoms with Crippen LogP contribution in [0, 0.1) is 0 Å². The largest absolute Gasteiger partial charge is 0.454 e. The Morgan fingerprint density at radius 2 is 1.93 bits per heavy atom. The van der Waals surface area contributed by atoms with Gasteiger partial charge in [0, 0.05) is 18.0 Å². The first kappa shape index (κ1) is 19.8. The average Bonchev–Trinajstić information content (AvgIpc) is 3.31. The summed E-state index contributed by atoms with van der Waals surface area (Å²) in [5.41, 5.74) is 2.21. The predicted molar refractivity (Wildman–Crippen MR) is 110 cm³/mol. The fourth-order valence-electron chi connectivity index (χ4n) is 3.69. The molecule has 4 rings (SSSR count). The van der Waals surface area contributed by atoms with Gasteiger partial charge in [0.25, 0.3) is 5.91 Å². The Morgan fingerprint density at radius 3 is 2.79 bits per heavy atom. The third kappa shape index (κ3) is 4.56. The van der Waals surface area contributed by atoms with Gasteiger partial charge in [-0.2, -0.15) is 0 Å². The maximum absolute atomic E-state index is 12.6. The summed E-state index contributed by atoms with van der Waals surface area (Å²) in [6.07, 6.45) is 5.64. The van der Waals surface area contributed by atoms with Gasteiger partial charge in [-0.25, -0.2) is 4.79 Å². The number of thiophene rings is 1. The monoisotopic (exact) mass is 415 g/mol. The van der Waals surface area contributed by atoms with Crippen LogP contribution < -0.4 is 9.47 Å². The molecule has 0 spiro atoms. The number of nitrogens with zero attached hydrogens (tertiary/aromatic N) is 1. The maximum atomic E-state index is 12.6. The summed E-state index contributed by atoms with van der Waals surface area (Å²) in [5, 5.41) is 0. The Hall–Kier alpha value is -2.54. The molecule has 0 saturated carbocycles. The number of amides is 1. The molecule has 0 radical (unpaired) electrons. The highest BCUT2D eigenvalue weighted by Gasteiger charge is 2.21. The molecule has 1 aromatic heterocycles. The summed E-state index contributed by atoms with van der Waals surface area (Å²) in [4.78, 5) is 28.6. The van der Waals surface area contributed by atoms with Gasteiger partial charge in [-0.15, -0.1) is 11.3 Å². The van der Waals surface area contributed by atoms with Crippen molar-refractivity contribution in [1.82, 2.24) is 4.90 Å². The first-order valence-corrected chi connectivity index (χ1v) is 10.9. The first-order chi connectivity index (χ1) is 14.1. The number of fused-ring (bicyclic) bond motifs is 2. The van der Waals surface area contributed by atoms with Crippen molar-refractivity contribution in [2.45, 2.75) is 45.6 Å². The molecule has 154 valence electrons. The zero-order valence-corrected chi connectivity index (χ0v) is 17.4. The lowest BCUT2D eigenvalue weighted by molar-refractivity contribution is -0.134. The van der Waals surface area contributed by atoms with Crippen LogP contribution in [0.1, 0.15) is 51.9 Å². The maximum Gasteiger partial charge on any atom is 0.348 e. The van der Waals surface area contributed by atoms with Crippen LogP contribution in [0.2, 0.25) is 0 Å². The minimum Gasteiger partial charge on any atom is -0.454 e. The molecule has 0 saturated heterocycles. The molecule has 1 amide bonds. The van der Waals surface area contributed by atoms with E-state index in [4.69, 9.17) is 14.2 Å². The molecule has 29 heavy (non-hydrogen) atoms. The number of esters is 1. The van der Waals surface area contributed by atoms with Crippen LogP contribution in [0.25, 0.3) is 0 Å². The quantitative estimate of drug-likeness (QED) is 0.528. The number of benzene rings is 1. The number of rotatable bonds is 6. The molecule has 2 aliphatic rings. The molecule has 1 aliphatic carbocycles. The molecule has 1 aromatic carbocycles. The second-order valence-corrected chi connectivity index (χ2v) is 8.43. The molecule has 2 heterocycles. The average molecular weight is 416 g/mol. The molecular formula is C22H25NO5S. The first-order valence-electron chi connectivity index (χ1n) is 10.1. The molecule has 0 N–H and O–H groups in total. The third-order valence-electron chi connectivity index (χ3n) is 5.32. The highest BCUT2D eigenvalue weighted by Crippen LogP contribution is 2.33. The summed E-state index contributed by atoms with van der Waals surface area (Å²) in [7, 11) is 0. The summed E-state index contributed by atoms with van der Waals surface area (Å²) in [5.74, 6) is 0.786. The van der Waals surface area contributed by atoms with E-state index in [0.717, 1.165) is 18.4 Å². The predicted octanol–water partition coefficient (Wildman–Crippen LogP) is 3.95. The molecule has 1 aliphatic heterocycles. The molecule has 0 atom stereocenters. The van der Waals surface area contributed by atoms with E-state index in [1.807, 2.05) is 31.2 Å². The van der Waals surface area contributed by atoms with Crippen LogP contribution in [0.15, 0.2) is 24.3 Å². The van der Waals surface area contributed by atoms with Crippen molar-refractivity contribution in [3.8, 4) is 11.5 Å². The van der Waals surface area contributed by atoms with Crippen LogP contribution >= 0.6 is 11.3 Å². The van der Waals surface area contributed by atoms with Gasteiger partial charge in [-0.1, -0.05) is 12.5 Å². The van der Waals surface area contributed by atoms with Crippen LogP contribution in [-0.4, -0.2) is 36.7 Å². The van der Waals surface area contributed by atoms with Crippen molar-refractivity contribution in [2.75, 3.05) is 19.9 Å². The number of hydrogen-bond donors (Lipinski definition) is 0. The van der Waals surface area contributed by atoms with Crippen molar-refractivity contribution < 1.29 is 23.8 Å². The smallest absolute Gasteiger partial charge is 0.348 e. The van der Waals surface area contributed by atoms with Crippen LogP contribution in [0.4, 0.5) is 0 Å². The van der Waals surface area contributed by atoms with Gasteiger partial charge >= 0.3 is 5.97 Å². The molecule has 2 aromatic rings. The summed E-state index contributed by atoms with van der Waals surface area (Å²) in [6.45, 7) is 2.83. The summed E-state index contributed by atoms with van der Waals surface area (Å²) < 4.78 is 16.0. The van der Waals surface area contributed by atoms with Gasteiger partial charge < -0.3 is 19.1 Å². The normalized spacial score (nSPS) is 14.8. The Morgan fingerprint density at radius 1 is 1.10 bits per heavy atom. The highest BCUT2D eigenvalue weighted by atomic mass is 32.1. The standard InChI is InChI=1S/C22H25NO5S/c1-2-23(12-15-8-9-17-18(10-15)28-14-27-17)21(24)13-26-22(25)20-11-16-6-4-3-5-7-19(16)29-20/h8-11H,2-7,12-14H2,1H3. The lowest BCUT2D eigenvalue weighted by atomic mass is 10.1. The second-order valence-electron chi connectivity index (χ2n) is 7.29. The lowest BCUT2D eigenvalue weighted by Gasteiger charge is -2.21. The fraction of sp³-hybridized carbons (Fsp3) is 0.455. The van der Waals surface area contributed by atoms with E-state index in [2.05, 4.69) is 0 Å². The Balaban J connectivity index is 1.33. The van der Waals surface area contributed by atoms with Crippen molar-refractivity contribution >= 4 is 23.2 Å². The van der Waals surface area contributed by atoms with Gasteiger partial charge in [0.15, 0.2) is 18.1 Å². The Kier molecular flexibility index (Phi) is 6.04. The molecule has 6 nitrogen and oxygen atoms in total. The molecule has 0 bridgehead atoms. The van der Waals surface area contributed by atoms with E-state index in [1.165, 1.54) is 41.0 Å². The number of likely N-dealkylation sites (N-methyl/N-ethyl adjacent to an activating group) is 1. The van der Waals surface area contributed by atoms with E-state index in [-0.39, 0.29) is 19.3 Å². The number of hydrogen-bond acceptors (Lipinski definition) is 6. The zero-order chi connectivity index (χ0) is 20.2. The third-order valence-corrected chi connectivity index (χ3v) is 6.54. The van der Waals surface area contributed by atoms with Crippen molar-refractivity contribution in [3.63, 3.8) is 0 Å². The van der Waals surface area contributed by atoms with E-state index in [0.29, 0.717) is 29.5 Å². The number of carbonyl (C=O) groups is 2. The van der Waals surface area contributed by atoms with E-state index in [1.54, 1.807) is 4.90 Å². The summed E-state index contributed by atoms with van der Waals surface area (Å²) >= 11 is 1.51. The number of carbonyl (C=O) groups excluding carboxylic acids is 2. The van der Waals surface area contributed by atoms with Crippen LogP contribution in [-0.2, 0) is 28.9 Å². The van der Waals surface area contributed by atoms with Crippen molar-refractivity contribution in [1.29, 1.82) is 0 Å². The van der Waals surface area contributed by atoms with E-state index < -0.39 is 5.97 Å².